The first-order valence-corrected chi connectivity index (χ1v) is 8.29. The average molecular weight is 316 g/mol. The Hall–Kier alpha value is -1.05. The third-order valence-corrected chi connectivity index (χ3v) is 5.18. The Kier molecular flexibility index (Phi) is 4.41. The molecule has 1 aromatic carbocycles. The van der Waals surface area contributed by atoms with Gasteiger partial charge in [-0.15, -0.1) is 0 Å². The van der Waals surface area contributed by atoms with Crippen molar-refractivity contribution in [3.05, 3.63) is 29.6 Å². The summed E-state index contributed by atoms with van der Waals surface area (Å²) >= 11 is 4.70. The summed E-state index contributed by atoms with van der Waals surface area (Å²) in [5.41, 5.74) is 5.32. The highest BCUT2D eigenvalue weighted by Crippen LogP contribution is 2.36. The molecule has 1 fully saturated rings. The van der Waals surface area contributed by atoms with Crippen molar-refractivity contribution in [3.8, 4) is 0 Å². The summed E-state index contributed by atoms with van der Waals surface area (Å²) in [5, 5.41) is 0. The number of thiocarbonyl (C=S) groups is 1. The number of nitrogens with two attached hydrogens (primary N) is 1. The Bertz CT molecular complexity index is 627. The van der Waals surface area contributed by atoms with Crippen molar-refractivity contribution >= 4 is 27.2 Å². The molecule has 0 saturated heterocycles. The van der Waals surface area contributed by atoms with Crippen molar-refractivity contribution in [2.24, 2.45) is 17.6 Å². The molecule has 1 aliphatic rings. The smallest absolute Gasteiger partial charge is 0.240 e. The molecule has 0 aromatic heterocycles. The fraction of sp³-hybridized carbons (Fsp3) is 0.462. The Labute approximate surface area is 123 Å². The highest BCUT2D eigenvalue weighted by molar-refractivity contribution is 7.89. The van der Waals surface area contributed by atoms with Gasteiger partial charge >= 0.3 is 0 Å². The van der Waals surface area contributed by atoms with Crippen molar-refractivity contribution in [1.29, 1.82) is 0 Å². The number of nitrogens with one attached hydrogen (secondary N) is 1. The molecule has 1 aliphatic carbocycles. The monoisotopic (exact) mass is 316 g/mol. The van der Waals surface area contributed by atoms with Crippen molar-refractivity contribution in [2.75, 3.05) is 6.54 Å². The maximum Gasteiger partial charge on any atom is 0.240 e. The molecular formula is C13H17FN2O2S2. The van der Waals surface area contributed by atoms with Gasteiger partial charge in [-0.2, -0.15) is 0 Å². The summed E-state index contributed by atoms with van der Waals surface area (Å²) < 4.78 is 40.3. The Morgan fingerprint density at radius 1 is 1.55 bits per heavy atom. The van der Waals surface area contributed by atoms with Gasteiger partial charge in [-0.3, -0.25) is 0 Å². The maximum absolute atomic E-state index is 13.5. The van der Waals surface area contributed by atoms with Gasteiger partial charge < -0.3 is 5.73 Å². The van der Waals surface area contributed by atoms with E-state index in [4.69, 9.17) is 18.0 Å². The largest absolute Gasteiger partial charge is 0.389 e. The number of rotatable bonds is 6. The molecule has 2 rings (SSSR count). The first kappa shape index (κ1) is 15.3. The van der Waals surface area contributed by atoms with E-state index >= 15 is 0 Å². The van der Waals surface area contributed by atoms with Gasteiger partial charge in [0, 0.05) is 12.1 Å². The minimum Gasteiger partial charge on any atom is -0.389 e. The quantitative estimate of drug-likeness (QED) is 0.785. The van der Waals surface area contributed by atoms with Crippen LogP contribution in [0.2, 0.25) is 0 Å². The van der Waals surface area contributed by atoms with Gasteiger partial charge in [0.25, 0.3) is 0 Å². The molecule has 0 bridgehead atoms. The number of hydrogen-bond acceptors (Lipinski definition) is 3. The van der Waals surface area contributed by atoms with E-state index in [9.17, 15) is 12.8 Å². The van der Waals surface area contributed by atoms with Crippen LogP contribution < -0.4 is 10.5 Å². The summed E-state index contributed by atoms with van der Waals surface area (Å²) in [6, 6.07) is 3.44. The SMILES string of the molecule is CC(CNS(=O)(=O)c1ccc(F)c(C(N)=S)c1)C1CC1. The van der Waals surface area contributed by atoms with E-state index in [-0.39, 0.29) is 15.4 Å². The third-order valence-electron chi connectivity index (χ3n) is 3.54. The molecule has 1 unspecified atom stereocenters. The minimum absolute atomic E-state index is 0.0234. The molecule has 0 amide bonds. The van der Waals surface area contributed by atoms with Crippen LogP contribution in [0.25, 0.3) is 0 Å². The van der Waals surface area contributed by atoms with Gasteiger partial charge in [0.05, 0.1) is 4.90 Å². The van der Waals surface area contributed by atoms with E-state index in [1.807, 2.05) is 6.92 Å². The second kappa shape index (κ2) is 5.75. The van der Waals surface area contributed by atoms with Gasteiger partial charge in [0.2, 0.25) is 10.0 Å². The average Bonchev–Trinajstić information content (AvgIpc) is 3.20. The summed E-state index contributed by atoms with van der Waals surface area (Å²) in [7, 11) is -3.67. The van der Waals surface area contributed by atoms with Crippen LogP contribution in [0.3, 0.4) is 0 Å². The van der Waals surface area contributed by atoms with E-state index in [1.165, 1.54) is 12.1 Å². The Morgan fingerprint density at radius 2 is 2.20 bits per heavy atom. The van der Waals surface area contributed by atoms with Gasteiger partial charge in [-0.1, -0.05) is 19.1 Å². The fourth-order valence-corrected chi connectivity index (χ4v) is 3.34. The molecule has 0 aliphatic heterocycles. The standard InChI is InChI=1S/C13H17FN2O2S2/c1-8(9-2-3-9)7-16-20(17,18)10-4-5-12(14)11(6-10)13(15)19/h4-6,8-9,16H,2-3,7H2,1H3,(H2,15,19). The minimum atomic E-state index is -3.67. The lowest BCUT2D eigenvalue weighted by atomic mass is 10.1. The topological polar surface area (TPSA) is 72.2 Å². The van der Waals surface area contributed by atoms with Crippen LogP contribution in [0.1, 0.15) is 25.3 Å². The molecule has 1 atom stereocenters. The van der Waals surface area contributed by atoms with Gasteiger partial charge in [0.1, 0.15) is 10.8 Å². The Morgan fingerprint density at radius 3 is 2.75 bits per heavy atom. The number of hydrogen-bond donors (Lipinski definition) is 2. The van der Waals surface area contributed by atoms with Crippen LogP contribution in [0, 0.1) is 17.7 Å². The summed E-state index contributed by atoms with van der Waals surface area (Å²) in [5.74, 6) is 0.293. The van der Waals surface area contributed by atoms with Crippen LogP contribution in [-0.2, 0) is 10.0 Å². The van der Waals surface area contributed by atoms with Crippen LogP contribution >= 0.6 is 12.2 Å². The maximum atomic E-state index is 13.5. The van der Waals surface area contributed by atoms with Crippen LogP contribution in [0.4, 0.5) is 4.39 Å². The molecule has 110 valence electrons. The predicted molar refractivity (Wildman–Crippen MR) is 79.4 cm³/mol. The number of sulfonamides is 1. The first-order chi connectivity index (χ1) is 9.31. The van der Waals surface area contributed by atoms with E-state index in [2.05, 4.69) is 4.72 Å². The highest BCUT2D eigenvalue weighted by atomic mass is 32.2. The summed E-state index contributed by atoms with van der Waals surface area (Å²) in [6.07, 6.45) is 2.32. The molecule has 0 heterocycles. The highest BCUT2D eigenvalue weighted by Gasteiger charge is 2.29. The van der Waals surface area contributed by atoms with Gasteiger partial charge in [0.15, 0.2) is 0 Å². The van der Waals surface area contributed by atoms with Crippen molar-refractivity contribution in [3.63, 3.8) is 0 Å². The van der Waals surface area contributed by atoms with E-state index < -0.39 is 15.8 Å². The predicted octanol–water partition coefficient (Wildman–Crippen LogP) is 1.78. The number of halogens is 1. The second-order valence-electron chi connectivity index (χ2n) is 5.17. The fourth-order valence-electron chi connectivity index (χ4n) is 2.02. The van der Waals surface area contributed by atoms with Crippen LogP contribution in [0.5, 0.6) is 0 Å². The van der Waals surface area contributed by atoms with E-state index in [1.54, 1.807) is 0 Å². The lowest BCUT2D eigenvalue weighted by Crippen LogP contribution is -2.29. The summed E-state index contributed by atoms with van der Waals surface area (Å²) in [6.45, 7) is 2.40. The molecule has 4 nitrogen and oxygen atoms in total. The van der Waals surface area contributed by atoms with Crippen molar-refractivity contribution in [2.45, 2.75) is 24.7 Å². The van der Waals surface area contributed by atoms with Crippen LogP contribution in [0.15, 0.2) is 23.1 Å². The normalized spacial score (nSPS) is 16.9. The zero-order valence-electron chi connectivity index (χ0n) is 11.1. The molecule has 0 spiro atoms. The molecule has 7 heteroatoms. The van der Waals surface area contributed by atoms with E-state index in [0.29, 0.717) is 18.4 Å². The third kappa shape index (κ3) is 3.53. The zero-order chi connectivity index (χ0) is 14.9. The molecular weight excluding hydrogens is 299 g/mol. The van der Waals surface area contributed by atoms with Gasteiger partial charge in [-0.05, 0) is 42.9 Å². The van der Waals surface area contributed by atoms with Crippen molar-refractivity contribution in [1.82, 2.24) is 4.72 Å². The number of benzene rings is 1. The first-order valence-electron chi connectivity index (χ1n) is 6.40. The van der Waals surface area contributed by atoms with Gasteiger partial charge in [-0.25, -0.2) is 17.5 Å². The lowest BCUT2D eigenvalue weighted by molar-refractivity contribution is 0.491. The molecule has 1 saturated carbocycles. The lowest BCUT2D eigenvalue weighted by Gasteiger charge is -2.12. The van der Waals surface area contributed by atoms with Crippen molar-refractivity contribution < 1.29 is 12.8 Å². The molecule has 0 radical (unpaired) electrons. The molecule has 20 heavy (non-hydrogen) atoms. The zero-order valence-corrected chi connectivity index (χ0v) is 12.7. The molecule has 3 N–H and O–H groups in total. The summed E-state index contributed by atoms with van der Waals surface area (Å²) in [4.78, 5) is -0.185. The van der Waals surface area contributed by atoms with Crippen LogP contribution in [-0.4, -0.2) is 20.0 Å². The molecule has 1 aromatic rings. The second-order valence-corrected chi connectivity index (χ2v) is 7.38. The van der Waals surface area contributed by atoms with E-state index in [0.717, 1.165) is 18.9 Å². The Balaban J connectivity index is 2.16.